The van der Waals surface area contributed by atoms with Crippen molar-refractivity contribution in [1.82, 2.24) is 0 Å². The quantitative estimate of drug-likeness (QED) is 0.156. The lowest BCUT2D eigenvalue weighted by atomic mass is 9.82. The third-order valence-electron chi connectivity index (χ3n) is 11.6. The minimum atomic E-state index is 1.21. The molecule has 0 aliphatic carbocycles. The molecule has 260 valence electrons. The van der Waals surface area contributed by atoms with Crippen LogP contribution in [0.3, 0.4) is 0 Å². The highest BCUT2D eigenvalue weighted by atomic mass is 14.2. The van der Waals surface area contributed by atoms with Crippen LogP contribution in [0, 0.1) is 0 Å². The van der Waals surface area contributed by atoms with E-state index in [1.54, 1.807) is 0 Å². The van der Waals surface area contributed by atoms with Crippen molar-refractivity contribution in [3.8, 4) is 55.6 Å². The van der Waals surface area contributed by atoms with Gasteiger partial charge in [-0.15, -0.1) is 0 Å². The van der Waals surface area contributed by atoms with E-state index in [0.717, 1.165) is 0 Å². The van der Waals surface area contributed by atoms with Crippen molar-refractivity contribution in [2.45, 2.75) is 0 Å². The van der Waals surface area contributed by atoms with Gasteiger partial charge in [-0.25, -0.2) is 0 Å². The average molecular weight is 709 g/mol. The first-order valence-corrected chi connectivity index (χ1v) is 19.4. The Kier molecular flexibility index (Phi) is 7.60. The van der Waals surface area contributed by atoms with E-state index < -0.39 is 0 Å². The second-order valence-electron chi connectivity index (χ2n) is 14.7. The number of hydrogen-bond donors (Lipinski definition) is 0. The van der Waals surface area contributed by atoms with Gasteiger partial charge < -0.3 is 0 Å². The van der Waals surface area contributed by atoms with E-state index in [1.807, 2.05) is 0 Å². The summed E-state index contributed by atoms with van der Waals surface area (Å²) in [4.78, 5) is 0. The summed E-state index contributed by atoms with van der Waals surface area (Å²) in [5, 5.41) is 12.6. The van der Waals surface area contributed by atoms with Crippen LogP contribution in [0.5, 0.6) is 0 Å². The van der Waals surface area contributed by atoms with E-state index in [1.165, 1.54) is 109 Å². The van der Waals surface area contributed by atoms with Gasteiger partial charge in [0, 0.05) is 0 Å². The molecule has 11 aromatic rings. The van der Waals surface area contributed by atoms with Gasteiger partial charge in [0.25, 0.3) is 0 Å². The summed E-state index contributed by atoms with van der Waals surface area (Å²) in [5.74, 6) is 0. The van der Waals surface area contributed by atoms with Crippen molar-refractivity contribution in [1.29, 1.82) is 0 Å². The van der Waals surface area contributed by atoms with Gasteiger partial charge >= 0.3 is 0 Å². The minimum Gasteiger partial charge on any atom is -0.0622 e. The van der Waals surface area contributed by atoms with Crippen molar-refractivity contribution in [2.75, 3.05) is 0 Å². The molecule has 0 radical (unpaired) electrons. The molecule has 0 saturated heterocycles. The molecule has 0 bridgehead atoms. The lowest BCUT2D eigenvalue weighted by Gasteiger charge is -2.21. The monoisotopic (exact) mass is 708 g/mol. The summed E-state index contributed by atoms with van der Waals surface area (Å²) in [6.07, 6.45) is 0. The fraction of sp³-hybridized carbons (Fsp3) is 0. The molecule has 56 heavy (non-hydrogen) atoms. The number of rotatable bonds is 5. The number of hydrogen-bond acceptors (Lipinski definition) is 0. The first-order valence-electron chi connectivity index (χ1n) is 19.4. The predicted molar refractivity (Wildman–Crippen MR) is 241 cm³/mol. The number of benzene rings is 11. The van der Waals surface area contributed by atoms with Crippen LogP contribution in [0.15, 0.2) is 218 Å². The Morgan fingerprint density at radius 3 is 1.11 bits per heavy atom. The van der Waals surface area contributed by atoms with Crippen LogP contribution in [0.25, 0.3) is 109 Å². The van der Waals surface area contributed by atoms with E-state index in [2.05, 4.69) is 218 Å². The van der Waals surface area contributed by atoms with Gasteiger partial charge in [-0.1, -0.05) is 212 Å². The molecule has 0 amide bonds. The summed E-state index contributed by atoms with van der Waals surface area (Å²) >= 11 is 0. The molecule has 0 heterocycles. The summed E-state index contributed by atoms with van der Waals surface area (Å²) < 4.78 is 0. The SMILES string of the molecule is c1ccc(-c2ccc(-c3c4ccccc4c(-c4cccc5ccccc45)c4cc(-c5c6ccccc6c(-c6ccccc6)c6ccccc56)ccc34)cc2)cc1. The molecule has 0 spiro atoms. The number of fused-ring (bicyclic) bond motifs is 5. The maximum atomic E-state index is 2.48. The summed E-state index contributed by atoms with van der Waals surface area (Å²) in [6.45, 7) is 0. The highest BCUT2D eigenvalue weighted by Gasteiger charge is 2.21. The zero-order chi connectivity index (χ0) is 37.0. The zero-order valence-electron chi connectivity index (χ0n) is 30.8. The van der Waals surface area contributed by atoms with Crippen LogP contribution < -0.4 is 0 Å². The first kappa shape index (κ1) is 32.2. The van der Waals surface area contributed by atoms with E-state index in [-0.39, 0.29) is 0 Å². The van der Waals surface area contributed by atoms with Crippen molar-refractivity contribution in [2.24, 2.45) is 0 Å². The molecule has 0 N–H and O–H groups in total. The van der Waals surface area contributed by atoms with Gasteiger partial charge in [0.1, 0.15) is 0 Å². The van der Waals surface area contributed by atoms with Crippen molar-refractivity contribution < 1.29 is 0 Å². The fourth-order valence-corrected chi connectivity index (χ4v) is 9.19. The first-order chi connectivity index (χ1) is 27.8. The van der Waals surface area contributed by atoms with Crippen LogP contribution in [-0.2, 0) is 0 Å². The van der Waals surface area contributed by atoms with Crippen molar-refractivity contribution >= 4 is 53.9 Å². The summed E-state index contributed by atoms with van der Waals surface area (Å²) in [7, 11) is 0. The summed E-state index contributed by atoms with van der Waals surface area (Å²) in [5.41, 5.74) is 12.4. The van der Waals surface area contributed by atoms with E-state index >= 15 is 0 Å². The molecule has 0 aromatic heterocycles. The van der Waals surface area contributed by atoms with Gasteiger partial charge in [0.05, 0.1) is 0 Å². The normalized spacial score (nSPS) is 11.6. The van der Waals surface area contributed by atoms with Gasteiger partial charge in [-0.2, -0.15) is 0 Å². The second-order valence-corrected chi connectivity index (χ2v) is 14.7. The van der Waals surface area contributed by atoms with E-state index in [0.29, 0.717) is 0 Å². The van der Waals surface area contributed by atoms with Gasteiger partial charge in [-0.05, 0) is 116 Å². The maximum absolute atomic E-state index is 2.48. The molecule has 0 fully saturated rings. The van der Waals surface area contributed by atoms with E-state index in [9.17, 15) is 0 Å². The second kappa shape index (κ2) is 13.2. The largest absolute Gasteiger partial charge is 0.0622 e. The van der Waals surface area contributed by atoms with Crippen LogP contribution in [0.4, 0.5) is 0 Å². The third kappa shape index (κ3) is 5.15. The standard InChI is InChI=1S/C56H36/c1-3-16-37(17-4-1)38-30-32-41(33-31-38)54-49-27-13-14-28-50(49)56(44-29-15-21-39-18-7-8-22-43(39)44)52-36-42(34-35-51(52)54)55-47-25-11-9-23-45(47)53(40-19-5-2-6-20-40)46-24-10-12-26-48(46)55/h1-36H. The maximum Gasteiger partial charge on any atom is -0.00199 e. The lowest BCUT2D eigenvalue weighted by Crippen LogP contribution is -1.94. The molecule has 0 aliphatic rings. The Hall–Kier alpha value is -7.28. The Morgan fingerprint density at radius 1 is 0.179 bits per heavy atom. The molecule has 0 atom stereocenters. The predicted octanol–water partition coefficient (Wildman–Crippen LogP) is 15.8. The van der Waals surface area contributed by atoms with E-state index in [4.69, 9.17) is 0 Å². The van der Waals surface area contributed by atoms with Crippen LogP contribution in [-0.4, -0.2) is 0 Å². The summed E-state index contributed by atoms with van der Waals surface area (Å²) in [6, 6.07) is 80.3. The van der Waals surface area contributed by atoms with Crippen LogP contribution >= 0.6 is 0 Å². The lowest BCUT2D eigenvalue weighted by molar-refractivity contribution is 1.61. The zero-order valence-corrected chi connectivity index (χ0v) is 30.8. The Labute approximate surface area is 326 Å². The molecular formula is C56H36. The van der Waals surface area contributed by atoms with Crippen LogP contribution in [0.2, 0.25) is 0 Å². The van der Waals surface area contributed by atoms with Gasteiger partial charge in [0.2, 0.25) is 0 Å². The minimum absolute atomic E-state index is 1.21. The fourth-order valence-electron chi connectivity index (χ4n) is 9.19. The highest BCUT2D eigenvalue weighted by molar-refractivity contribution is 6.26. The van der Waals surface area contributed by atoms with Crippen molar-refractivity contribution in [3.63, 3.8) is 0 Å². The Balaban J connectivity index is 1.26. The highest BCUT2D eigenvalue weighted by Crippen LogP contribution is 2.49. The Morgan fingerprint density at radius 2 is 0.536 bits per heavy atom. The van der Waals surface area contributed by atoms with Crippen LogP contribution in [0.1, 0.15) is 0 Å². The molecule has 0 aliphatic heterocycles. The third-order valence-corrected chi connectivity index (χ3v) is 11.6. The molecular weight excluding hydrogens is 673 g/mol. The topological polar surface area (TPSA) is 0 Å². The Bertz CT molecular complexity index is 3200. The molecule has 11 rings (SSSR count). The molecule has 0 heteroatoms. The molecule has 0 unspecified atom stereocenters. The van der Waals surface area contributed by atoms with Gasteiger partial charge in [-0.3, -0.25) is 0 Å². The molecule has 11 aromatic carbocycles. The molecule has 0 nitrogen and oxygen atoms in total. The van der Waals surface area contributed by atoms with Crippen molar-refractivity contribution in [3.05, 3.63) is 218 Å². The van der Waals surface area contributed by atoms with Gasteiger partial charge in [0.15, 0.2) is 0 Å². The average Bonchev–Trinajstić information content (AvgIpc) is 3.27. The molecule has 0 saturated carbocycles. The smallest absolute Gasteiger partial charge is 0.00199 e.